The van der Waals surface area contributed by atoms with Crippen LogP contribution < -0.4 is 10.1 Å². The molecule has 0 saturated carbocycles. The Morgan fingerprint density at radius 3 is 3.00 bits per heavy atom. The van der Waals surface area contributed by atoms with Gasteiger partial charge in [-0.1, -0.05) is 0 Å². The first-order valence-corrected chi connectivity index (χ1v) is 4.46. The minimum atomic E-state index is -0.176. The van der Waals surface area contributed by atoms with Crippen molar-refractivity contribution in [3.63, 3.8) is 0 Å². The maximum Gasteiger partial charge on any atom is 0.257 e. The Bertz CT molecular complexity index is 287. The Hall–Kier alpha value is -1.10. The van der Waals surface area contributed by atoms with Gasteiger partial charge in [0.15, 0.2) is 6.61 Å². The van der Waals surface area contributed by atoms with Crippen molar-refractivity contribution < 1.29 is 9.53 Å². The number of ether oxygens (including phenoxy) is 1. The molecule has 0 aliphatic rings. The quantitative estimate of drug-likeness (QED) is 0.863. The third-order valence-corrected chi connectivity index (χ3v) is 1.80. The lowest BCUT2D eigenvalue weighted by Gasteiger charge is -2.02. The second kappa shape index (κ2) is 4.81. The molecule has 1 N–H and O–H groups in total. The average molecular weight is 245 g/mol. The fraction of sp³-hybridized carbons (Fsp3) is 0.250. The predicted octanol–water partition coefficient (Wildman–Crippen LogP) is 0.969. The first-order chi connectivity index (χ1) is 6.22. The maximum atomic E-state index is 10.8. The number of amides is 1. The summed E-state index contributed by atoms with van der Waals surface area (Å²) in [4.78, 5) is 14.7. The second-order valence-corrected chi connectivity index (χ2v) is 3.19. The van der Waals surface area contributed by atoms with Crippen LogP contribution in [0.4, 0.5) is 0 Å². The van der Waals surface area contributed by atoms with Crippen molar-refractivity contribution in [2.45, 2.75) is 0 Å². The number of pyridine rings is 1. The standard InChI is InChI=1S/C8H9BrN2O2/c1-10-7(12)5-13-8-3-2-6(9)4-11-8/h2-4H,5H2,1H3,(H,10,12). The van der Waals surface area contributed by atoms with Crippen molar-refractivity contribution in [1.29, 1.82) is 0 Å². The second-order valence-electron chi connectivity index (χ2n) is 2.28. The Morgan fingerprint density at radius 2 is 2.46 bits per heavy atom. The van der Waals surface area contributed by atoms with Crippen LogP contribution >= 0.6 is 15.9 Å². The van der Waals surface area contributed by atoms with Crippen LogP contribution in [0.15, 0.2) is 22.8 Å². The highest BCUT2D eigenvalue weighted by Gasteiger charge is 1.99. The van der Waals surface area contributed by atoms with Crippen LogP contribution in [0, 0.1) is 0 Å². The van der Waals surface area contributed by atoms with E-state index < -0.39 is 0 Å². The van der Waals surface area contributed by atoms with E-state index in [4.69, 9.17) is 4.74 Å². The summed E-state index contributed by atoms with van der Waals surface area (Å²) in [5.41, 5.74) is 0. The zero-order valence-electron chi connectivity index (χ0n) is 7.08. The fourth-order valence-electron chi connectivity index (χ4n) is 0.659. The summed E-state index contributed by atoms with van der Waals surface area (Å²) in [5.74, 6) is 0.261. The number of aromatic nitrogens is 1. The number of nitrogens with one attached hydrogen (secondary N) is 1. The highest BCUT2D eigenvalue weighted by Crippen LogP contribution is 2.11. The van der Waals surface area contributed by atoms with E-state index in [2.05, 4.69) is 26.2 Å². The Balaban J connectivity index is 2.46. The molecule has 0 aliphatic carbocycles. The smallest absolute Gasteiger partial charge is 0.257 e. The van der Waals surface area contributed by atoms with Gasteiger partial charge < -0.3 is 10.1 Å². The molecule has 4 nitrogen and oxygen atoms in total. The van der Waals surface area contributed by atoms with Gasteiger partial charge in [0.1, 0.15) is 0 Å². The molecule has 0 aromatic carbocycles. The lowest BCUT2D eigenvalue weighted by atomic mass is 10.5. The molecule has 1 aromatic heterocycles. The third kappa shape index (κ3) is 3.42. The van der Waals surface area contributed by atoms with Gasteiger partial charge in [0.25, 0.3) is 5.91 Å². The largest absolute Gasteiger partial charge is 0.468 e. The molecule has 1 heterocycles. The maximum absolute atomic E-state index is 10.8. The number of hydrogen-bond donors (Lipinski definition) is 1. The molecule has 0 atom stereocenters. The van der Waals surface area contributed by atoms with Gasteiger partial charge in [-0.15, -0.1) is 0 Å². The zero-order chi connectivity index (χ0) is 9.68. The van der Waals surface area contributed by atoms with Gasteiger partial charge in [-0.25, -0.2) is 4.98 Å². The van der Waals surface area contributed by atoms with Crippen LogP contribution in [0.3, 0.4) is 0 Å². The lowest BCUT2D eigenvalue weighted by Crippen LogP contribution is -2.25. The molecule has 0 aliphatic heterocycles. The number of carbonyl (C=O) groups is 1. The number of rotatable bonds is 3. The van der Waals surface area contributed by atoms with Gasteiger partial charge in [-0.2, -0.15) is 0 Å². The van der Waals surface area contributed by atoms with Crippen molar-refractivity contribution in [1.82, 2.24) is 10.3 Å². The summed E-state index contributed by atoms with van der Waals surface area (Å²) >= 11 is 3.24. The van der Waals surface area contributed by atoms with E-state index in [1.54, 1.807) is 25.4 Å². The van der Waals surface area contributed by atoms with Crippen LogP contribution in [0.5, 0.6) is 5.88 Å². The highest BCUT2D eigenvalue weighted by atomic mass is 79.9. The SMILES string of the molecule is CNC(=O)COc1ccc(Br)cn1. The number of carbonyl (C=O) groups excluding carboxylic acids is 1. The third-order valence-electron chi connectivity index (χ3n) is 1.33. The van der Waals surface area contributed by atoms with E-state index in [-0.39, 0.29) is 12.5 Å². The molecule has 0 spiro atoms. The summed E-state index contributed by atoms with van der Waals surface area (Å²) in [5, 5.41) is 2.45. The van der Waals surface area contributed by atoms with Crippen LogP contribution in [-0.2, 0) is 4.79 Å². The van der Waals surface area contributed by atoms with E-state index in [0.29, 0.717) is 5.88 Å². The highest BCUT2D eigenvalue weighted by molar-refractivity contribution is 9.10. The monoisotopic (exact) mass is 244 g/mol. The topological polar surface area (TPSA) is 51.2 Å². The molecule has 0 bridgehead atoms. The number of likely N-dealkylation sites (N-methyl/N-ethyl adjacent to an activating group) is 1. The molecular formula is C8H9BrN2O2. The van der Waals surface area contributed by atoms with Gasteiger partial charge >= 0.3 is 0 Å². The molecule has 1 amide bonds. The summed E-state index contributed by atoms with van der Waals surface area (Å²) in [6, 6.07) is 3.49. The normalized spacial score (nSPS) is 9.38. The number of hydrogen-bond acceptors (Lipinski definition) is 3. The Kier molecular flexibility index (Phi) is 3.70. The van der Waals surface area contributed by atoms with E-state index >= 15 is 0 Å². The van der Waals surface area contributed by atoms with Crippen molar-refractivity contribution >= 4 is 21.8 Å². The first kappa shape index (κ1) is 9.98. The fourth-order valence-corrected chi connectivity index (χ4v) is 0.894. The summed E-state index contributed by atoms with van der Waals surface area (Å²) in [6.45, 7) is -0.00880. The zero-order valence-corrected chi connectivity index (χ0v) is 8.67. The van der Waals surface area contributed by atoms with Gasteiger partial charge in [-0.3, -0.25) is 4.79 Å². The molecule has 1 aromatic rings. The van der Waals surface area contributed by atoms with Gasteiger partial charge in [0, 0.05) is 23.8 Å². The summed E-state index contributed by atoms with van der Waals surface area (Å²) in [7, 11) is 1.56. The molecule has 0 unspecified atom stereocenters. The Labute approximate surface area is 84.4 Å². The van der Waals surface area contributed by atoms with Gasteiger partial charge in [0.05, 0.1) is 0 Å². The van der Waals surface area contributed by atoms with Gasteiger partial charge in [-0.05, 0) is 22.0 Å². The van der Waals surface area contributed by atoms with Crippen molar-refractivity contribution in [2.24, 2.45) is 0 Å². The Morgan fingerprint density at radius 1 is 1.69 bits per heavy atom. The number of nitrogens with zero attached hydrogens (tertiary/aromatic N) is 1. The van der Waals surface area contributed by atoms with Crippen LogP contribution in [0.2, 0.25) is 0 Å². The molecule has 0 fully saturated rings. The van der Waals surface area contributed by atoms with Crippen LogP contribution in [0.25, 0.3) is 0 Å². The molecule has 0 radical (unpaired) electrons. The molecule has 5 heteroatoms. The van der Waals surface area contributed by atoms with Crippen molar-refractivity contribution in [2.75, 3.05) is 13.7 Å². The van der Waals surface area contributed by atoms with E-state index in [0.717, 1.165) is 4.47 Å². The molecular weight excluding hydrogens is 236 g/mol. The molecule has 1 rings (SSSR count). The summed E-state index contributed by atoms with van der Waals surface area (Å²) in [6.07, 6.45) is 1.61. The summed E-state index contributed by atoms with van der Waals surface area (Å²) < 4.78 is 5.94. The van der Waals surface area contributed by atoms with Crippen LogP contribution in [0.1, 0.15) is 0 Å². The van der Waals surface area contributed by atoms with E-state index in [1.165, 1.54) is 0 Å². The molecule has 13 heavy (non-hydrogen) atoms. The average Bonchev–Trinajstić information content (AvgIpc) is 2.16. The van der Waals surface area contributed by atoms with Crippen molar-refractivity contribution in [3.8, 4) is 5.88 Å². The molecule has 70 valence electrons. The lowest BCUT2D eigenvalue weighted by molar-refractivity contribution is -0.122. The van der Waals surface area contributed by atoms with Crippen molar-refractivity contribution in [3.05, 3.63) is 22.8 Å². The van der Waals surface area contributed by atoms with E-state index in [9.17, 15) is 4.79 Å². The van der Waals surface area contributed by atoms with E-state index in [1.807, 2.05) is 0 Å². The minimum Gasteiger partial charge on any atom is -0.468 e. The number of halogens is 1. The van der Waals surface area contributed by atoms with Crippen LogP contribution in [-0.4, -0.2) is 24.5 Å². The first-order valence-electron chi connectivity index (χ1n) is 3.67. The van der Waals surface area contributed by atoms with Gasteiger partial charge in [0.2, 0.25) is 5.88 Å². The predicted molar refractivity (Wildman–Crippen MR) is 51.5 cm³/mol. The molecule has 0 saturated heterocycles. The minimum absolute atomic E-state index is 0.00880.